The molecule has 1 N–H and O–H groups in total. The number of rotatable bonds is 3. The summed E-state index contributed by atoms with van der Waals surface area (Å²) in [6.07, 6.45) is 3.16. The molecule has 1 atom stereocenters. The molecule has 0 aliphatic carbocycles. The maximum atomic E-state index is 11.2. The van der Waals surface area contributed by atoms with Crippen molar-refractivity contribution in [1.82, 2.24) is 10.3 Å². The lowest BCUT2D eigenvalue weighted by Gasteiger charge is -2.32. The summed E-state index contributed by atoms with van der Waals surface area (Å²) >= 11 is 1.76. The van der Waals surface area contributed by atoms with Gasteiger partial charge in [-0.05, 0) is 30.9 Å². The van der Waals surface area contributed by atoms with Crippen molar-refractivity contribution in [3.63, 3.8) is 0 Å². The van der Waals surface area contributed by atoms with Gasteiger partial charge in [0.15, 0.2) is 5.13 Å². The van der Waals surface area contributed by atoms with Crippen LogP contribution >= 0.6 is 11.3 Å². The van der Waals surface area contributed by atoms with Crippen molar-refractivity contribution in [3.05, 3.63) is 23.8 Å². The number of aryl methyl sites for hydroxylation is 1. The Kier molecular flexibility index (Phi) is 4.10. The van der Waals surface area contributed by atoms with Crippen LogP contribution in [0.1, 0.15) is 32.3 Å². The van der Waals surface area contributed by atoms with Gasteiger partial charge in [-0.3, -0.25) is 4.79 Å². The molecule has 0 saturated carbocycles. The Morgan fingerprint density at radius 1 is 1.52 bits per heavy atom. The second-order valence-corrected chi connectivity index (χ2v) is 6.61. The summed E-state index contributed by atoms with van der Waals surface area (Å²) in [6, 6.07) is 6.65. The van der Waals surface area contributed by atoms with Crippen molar-refractivity contribution in [3.8, 4) is 0 Å². The molecule has 4 nitrogen and oxygen atoms in total. The molecule has 112 valence electrons. The molecule has 1 unspecified atom stereocenters. The molecule has 1 amide bonds. The van der Waals surface area contributed by atoms with E-state index in [1.807, 2.05) is 0 Å². The highest BCUT2D eigenvalue weighted by atomic mass is 32.1. The fraction of sp³-hybridized carbons (Fsp3) is 0.500. The summed E-state index contributed by atoms with van der Waals surface area (Å²) in [5.41, 5.74) is 2.45. The third kappa shape index (κ3) is 3.02. The number of nitrogens with one attached hydrogen (secondary N) is 1. The third-order valence-electron chi connectivity index (χ3n) is 3.97. The van der Waals surface area contributed by atoms with E-state index in [-0.39, 0.29) is 11.9 Å². The summed E-state index contributed by atoms with van der Waals surface area (Å²) in [7, 11) is 0. The smallest absolute Gasteiger partial charge is 0.217 e. The van der Waals surface area contributed by atoms with Crippen LogP contribution in [0.25, 0.3) is 10.2 Å². The van der Waals surface area contributed by atoms with Crippen LogP contribution in [0.4, 0.5) is 5.13 Å². The van der Waals surface area contributed by atoms with E-state index in [9.17, 15) is 4.79 Å². The van der Waals surface area contributed by atoms with E-state index in [1.54, 1.807) is 18.3 Å². The van der Waals surface area contributed by atoms with Gasteiger partial charge in [0.25, 0.3) is 0 Å². The number of piperidine rings is 1. The molecule has 0 radical (unpaired) electrons. The Labute approximate surface area is 129 Å². The first-order valence-corrected chi connectivity index (χ1v) is 8.39. The van der Waals surface area contributed by atoms with E-state index in [2.05, 4.69) is 35.3 Å². The minimum absolute atomic E-state index is 0.0550. The molecule has 0 bridgehead atoms. The number of fused-ring (bicyclic) bond motifs is 1. The van der Waals surface area contributed by atoms with Crippen molar-refractivity contribution in [2.45, 2.75) is 39.2 Å². The molecule has 3 rings (SSSR count). The minimum atomic E-state index is 0.0550. The fourth-order valence-electron chi connectivity index (χ4n) is 2.97. The van der Waals surface area contributed by atoms with E-state index < -0.39 is 0 Å². The molecule has 1 fully saturated rings. The number of carbonyl (C=O) groups is 1. The maximum absolute atomic E-state index is 11.2. The van der Waals surface area contributed by atoms with Crippen LogP contribution in [-0.2, 0) is 11.2 Å². The number of amides is 1. The van der Waals surface area contributed by atoms with Gasteiger partial charge >= 0.3 is 0 Å². The molecule has 1 aliphatic heterocycles. The lowest BCUT2D eigenvalue weighted by atomic mass is 10.1. The largest absolute Gasteiger partial charge is 0.352 e. The van der Waals surface area contributed by atoms with Crippen LogP contribution in [0.3, 0.4) is 0 Å². The van der Waals surface area contributed by atoms with Gasteiger partial charge in [0, 0.05) is 26.1 Å². The second-order valence-electron chi connectivity index (χ2n) is 5.60. The van der Waals surface area contributed by atoms with E-state index in [4.69, 9.17) is 4.98 Å². The molecule has 0 spiro atoms. The summed E-state index contributed by atoms with van der Waals surface area (Å²) in [6.45, 7) is 5.64. The SMILES string of the molecule is CCc1cccc2sc(N3CCCC(NC(C)=O)C3)nc12. The van der Waals surface area contributed by atoms with E-state index >= 15 is 0 Å². The van der Waals surface area contributed by atoms with Gasteiger partial charge in [-0.15, -0.1) is 0 Å². The zero-order chi connectivity index (χ0) is 14.8. The van der Waals surface area contributed by atoms with Crippen LogP contribution in [-0.4, -0.2) is 30.0 Å². The first-order valence-electron chi connectivity index (χ1n) is 7.58. The Balaban J connectivity index is 1.84. The van der Waals surface area contributed by atoms with E-state index in [0.29, 0.717) is 0 Å². The molecular weight excluding hydrogens is 282 g/mol. The predicted octanol–water partition coefficient (Wildman–Crippen LogP) is 2.96. The van der Waals surface area contributed by atoms with Crippen molar-refractivity contribution in [1.29, 1.82) is 0 Å². The lowest BCUT2D eigenvalue weighted by Crippen LogP contribution is -2.47. The van der Waals surface area contributed by atoms with Crippen LogP contribution in [0.15, 0.2) is 18.2 Å². The van der Waals surface area contributed by atoms with Gasteiger partial charge in [0.05, 0.1) is 10.2 Å². The van der Waals surface area contributed by atoms with Crippen LogP contribution in [0, 0.1) is 0 Å². The summed E-state index contributed by atoms with van der Waals surface area (Å²) in [4.78, 5) is 18.4. The Hall–Kier alpha value is -1.62. The second kappa shape index (κ2) is 6.02. The number of benzene rings is 1. The van der Waals surface area contributed by atoms with Crippen molar-refractivity contribution < 1.29 is 4.79 Å². The lowest BCUT2D eigenvalue weighted by molar-refractivity contribution is -0.119. The van der Waals surface area contributed by atoms with E-state index in [1.165, 1.54) is 10.3 Å². The molecule has 2 aromatic rings. The molecule has 1 aromatic carbocycles. The topological polar surface area (TPSA) is 45.2 Å². The zero-order valence-corrected chi connectivity index (χ0v) is 13.4. The Morgan fingerprint density at radius 3 is 3.14 bits per heavy atom. The number of aromatic nitrogens is 1. The quantitative estimate of drug-likeness (QED) is 0.948. The maximum Gasteiger partial charge on any atom is 0.217 e. The van der Waals surface area contributed by atoms with Crippen LogP contribution in [0.5, 0.6) is 0 Å². The summed E-state index contributed by atoms with van der Waals surface area (Å²) in [5, 5.41) is 4.12. The molecule has 2 heterocycles. The highest BCUT2D eigenvalue weighted by molar-refractivity contribution is 7.22. The van der Waals surface area contributed by atoms with Gasteiger partial charge in [-0.1, -0.05) is 30.4 Å². The van der Waals surface area contributed by atoms with Gasteiger partial charge in [0.2, 0.25) is 5.91 Å². The Morgan fingerprint density at radius 2 is 2.38 bits per heavy atom. The summed E-state index contributed by atoms with van der Waals surface area (Å²) < 4.78 is 1.26. The average molecular weight is 303 g/mol. The molecule has 1 saturated heterocycles. The molecule has 1 aromatic heterocycles. The number of nitrogens with zero attached hydrogens (tertiary/aromatic N) is 2. The zero-order valence-electron chi connectivity index (χ0n) is 12.6. The monoisotopic (exact) mass is 303 g/mol. The molecule has 5 heteroatoms. The van der Waals surface area contributed by atoms with Crippen molar-refractivity contribution in [2.75, 3.05) is 18.0 Å². The molecular formula is C16H21N3OS. The highest BCUT2D eigenvalue weighted by Crippen LogP contribution is 2.32. The van der Waals surface area contributed by atoms with Gasteiger partial charge in [-0.2, -0.15) is 0 Å². The fourth-order valence-corrected chi connectivity index (χ4v) is 4.02. The van der Waals surface area contributed by atoms with Crippen molar-refractivity contribution in [2.24, 2.45) is 0 Å². The summed E-state index contributed by atoms with van der Waals surface area (Å²) in [5.74, 6) is 0.0550. The minimum Gasteiger partial charge on any atom is -0.352 e. The molecule has 1 aliphatic rings. The van der Waals surface area contributed by atoms with Gasteiger partial charge in [-0.25, -0.2) is 4.98 Å². The highest BCUT2D eigenvalue weighted by Gasteiger charge is 2.23. The molecule has 21 heavy (non-hydrogen) atoms. The number of anilines is 1. The van der Waals surface area contributed by atoms with Crippen molar-refractivity contribution >= 4 is 32.6 Å². The van der Waals surface area contributed by atoms with Crippen LogP contribution in [0.2, 0.25) is 0 Å². The number of carbonyl (C=O) groups excluding carboxylic acids is 1. The average Bonchev–Trinajstić information content (AvgIpc) is 2.90. The van der Waals surface area contributed by atoms with Gasteiger partial charge < -0.3 is 10.2 Å². The number of thiazole rings is 1. The first-order chi connectivity index (χ1) is 10.2. The number of para-hydroxylation sites is 1. The van der Waals surface area contributed by atoms with E-state index in [0.717, 1.165) is 43.0 Å². The third-order valence-corrected chi connectivity index (χ3v) is 5.05. The first kappa shape index (κ1) is 14.3. The van der Waals surface area contributed by atoms with Crippen LogP contribution < -0.4 is 10.2 Å². The Bertz CT molecular complexity index is 652. The standard InChI is InChI=1S/C16H21N3OS/c1-3-12-6-4-8-14-15(12)18-16(21-14)19-9-5-7-13(10-19)17-11(2)20/h4,6,8,13H,3,5,7,9-10H2,1-2H3,(H,17,20). The number of hydrogen-bond acceptors (Lipinski definition) is 4. The van der Waals surface area contributed by atoms with Gasteiger partial charge in [0.1, 0.15) is 0 Å². The normalized spacial score (nSPS) is 19.0. The predicted molar refractivity (Wildman–Crippen MR) is 88.0 cm³/mol. The number of hydrogen-bond donors (Lipinski definition) is 1.